The number of rotatable bonds is 7. The van der Waals surface area contributed by atoms with Gasteiger partial charge in [0.15, 0.2) is 0 Å². The lowest BCUT2D eigenvalue weighted by Crippen LogP contribution is -2.38. The summed E-state index contributed by atoms with van der Waals surface area (Å²) in [7, 11) is 1.34. The van der Waals surface area contributed by atoms with Crippen LogP contribution in [0, 0.1) is 13.8 Å². The molecule has 33 heavy (non-hydrogen) atoms. The van der Waals surface area contributed by atoms with E-state index >= 15 is 0 Å². The maximum atomic E-state index is 12.2. The molecular weight excluding hydrogens is 420 g/mol. The molecule has 0 unspecified atom stereocenters. The minimum Gasteiger partial charge on any atom is -0.465 e. The third-order valence-corrected chi connectivity index (χ3v) is 5.14. The molecule has 0 fully saturated rings. The molecular formula is C25H26N4O4. The number of aromatic nitrogens is 1. The van der Waals surface area contributed by atoms with Crippen molar-refractivity contribution in [2.45, 2.75) is 20.3 Å². The largest absolute Gasteiger partial charge is 0.465 e. The van der Waals surface area contributed by atoms with Gasteiger partial charge >= 0.3 is 17.8 Å². The highest BCUT2D eigenvalue weighted by Gasteiger charge is 2.17. The Balaban J connectivity index is 1.64. The number of methoxy groups -OCH3 is 1. The quantitative estimate of drug-likeness (QED) is 0.252. The molecule has 0 spiro atoms. The van der Waals surface area contributed by atoms with Gasteiger partial charge < -0.3 is 14.6 Å². The Labute approximate surface area is 192 Å². The van der Waals surface area contributed by atoms with Crippen molar-refractivity contribution in [3.8, 4) is 5.69 Å². The topological polar surface area (TPSA) is 102 Å². The fraction of sp³-hybridized carbons (Fsp3) is 0.200. The minimum atomic E-state index is -0.843. The van der Waals surface area contributed by atoms with Gasteiger partial charge in [-0.2, -0.15) is 5.10 Å². The normalized spacial score (nSPS) is 10.8. The number of hydrogen-bond donors (Lipinski definition) is 2. The first kappa shape index (κ1) is 23.5. The van der Waals surface area contributed by atoms with Crippen LogP contribution >= 0.6 is 0 Å². The second kappa shape index (κ2) is 10.9. The number of hydrazone groups is 1. The number of hydrogen-bond acceptors (Lipinski definition) is 5. The Hall–Kier alpha value is -4.20. The van der Waals surface area contributed by atoms with E-state index in [1.54, 1.807) is 12.1 Å². The minimum absolute atomic E-state index is 0.348. The van der Waals surface area contributed by atoms with Crippen LogP contribution in [0.4, 0.5) is 0 Å². The number of para-hydroxylation sites is 1. The van der Waals surface area contributed by atoms with E-state index in [-0.39, 0.29) is 0 Å². The standard InChI is InChI=1S/C25H26N4O4/c1-17-15-20(18(2)29(17)22-12-8-7-11-21(22)25(32)33-3)16-27-28-24(31)23(30)26-14-13-19-9-5-4-6-10-19/h4-12,15-16H,13-14H2,1-3H3,(H,26,30)(H,28,31)/b27-16+. The van der Waals surface area contributed by atoms with Crippen molar-refractivity contribution < 1.29 is 19.1 Å². The molecule has 1 heterocycles. The van der Waals surface area contributed by atoms with Crippen molar-refractivity contribution >= 4 is 24.0 Å². The molecule has 2 amide bonds. The van der Waals surface area contributed by atoms with Crippen LogP contribution in [0.5, 0.6) is 0 Å². The molecule has 0 saturated heterocycles. The fourth-order valence-corrected chi connectivity index (χ4v) is 3.50. The van der Waals surface area contributed by atoms with Gasteiger partial charge in [-0.1, -0.05) is 42.5 Å². The third kappa shape index (κ3) is 5.74. The molecule has 8 heteroatoms. The van der Waals surface area contributed by atoms with Crippen LogP contribution in [0.1, 0.15) is 32.9 Å². The number of nitrogens with one attached hydrogen (secondary N) is 2. The lowest BCUT2D eigenvalue weighted by Gasteiger charge is -2.13. The Kier molecular flexibility index (Phi) is 7.75. The van der Waals surface area contributed by atoms with Gasteiger partial charge in [-0.25, -0.2) is 10.2 Å². The first-order valence-corrected chi connectivity index (χ1v) is 10.4. The average molecular weight is 447 g/mol. The van der Waals surface area contributed by atoms with E-state index in [9.17, 15) is 14.4 Å². The predicted octanol–water partition coefficient (Wildman–Crippen LogP) is 2.69. The van der Waals surface area contributed by atoms with Gasteiger partial charge in [0.1, 0.15) is 0 Å². The van der Waals surface area contributed by atoms with Gasteiger partial charge in [-0.3, -0.25) is 9.59 Å². The second-order valence-corrected chi connectivity index (χ2v) is 7.36. The average Bonchev–Trinajstić information content (AvgIpc) is 3.11. The number of ether oxygens (including phenoxy) is 1. The fourth-order valence-electron chi connectivity index (χ4n) is 3.50. The van der Waals surface area contributed by atoms with Gasteiger partial charge in [0, 0.05) is 23.5 Å². The molecule has 170 valence electrons. The Morgan fingerprint density at radius 1 is 1.00 bits per heavy atom. The number of nitrogens with zero attached hydrogens (tertiary/aromatic N) is 2. The summed E-state index contributed by atoms with van der Waals surface area (Å²) in [6.45, 7) is 4.12. The third-order valence-electron chi connectivity index (χ3n) is 5.14. The molecule has 1 aromatic heterocycles. The first-order chi connectivity index (χ1) is 15.9. The zero-order chi connectivity index (χ0) is 23.8. The molecule has 8 nitrogen and oxygen atoms in total. The van der Waals surface area contributed by atoms with Crippen molar-refractivity contribution in [3.05, 3.63) is 88.7 Å². The highest BCUT2D eigenvalue weighted by molar-refractivity contribution is 6.35. The van der Waals surface area contributed by atoms with Crippen LogP contribution in [0.25, 0.3) is 5.69 Å². The zero-order valence-electron chi connectivity index (χ0n) is 18.8. The van der Waals surface area contributed by atoms with E-state index in [1.807, 2.05) is 66.9 Å². The molecule has 0 aliphatic carbocycles. The SMILES string of the molecule is COC(=O)c1ccccc1-n1c(C)cc(/C=N/NC(=O)C(=O)NCCc2ccccc2)c1C. The highest BCUT2D eigenvalue weighted by Crippen LogP contribution is 2.23. The van der Waals surface area contributed by atoms with Gasteiger partial charge in [0.25, 0.3) is 0 Å². The molecule has 0 aliphatic heterocycles. The Morgan fingerprint density at radius 2 is 1.70 bits per heavy atom. The molecule has 0 atom stereocenters. The van der Waals surface area contributed by atoms with E-state index in [2.05, 4.69) is 15.8 Å². The van der Waals surface area contributed by atoms with E-state index in [0.717, 1.165) is 22.5 Å². The maximum Gasteiger partial charge on any atom is 0.339 e. The summed E-state index contributed by atoms with van der Waals surface area (Å²) >= 11 is 0. The van der Waals surface area contributed by atoms with Crippen molar-refractivity contribution in [2.75, 3.05) is 13.7 Å². The van der Waals surface area contributed by atoms with E-state index in [1.165, 1.54) is 13.3 Å². The van der Waals surface area contributed by atoms with Crippen molar-refractivity contribution in [3.63, 3.8) is 0 Å². The van der Waals surface area contributed by atoms with E-state index < -0.39 is 17.8 Å². The van der Waals surface area contributed by atoms with Crippen molar-refractivity contribution in [2.24, 2.45) is 5.10 Å². The molecule has 3 aromatic rings. The molecule has 3 rings (SSSR count). The molecule has 2 N–H and O–H groups in total. The number of carbonyl (C=O) groups excluding carboxylic acids is 3. The molecule has 0 radical (unpaired) electrons. The van der Waals surface area contributed by atoms with Crippen molar-refractivity contribution in [1.82, 2.24) is 15.3 Å². The second-order valence-electron chi connectivity index (χ2n) is 7.36. The smallest absolute Gasteiger partial charge is 0.339 e. The lowest BCUT2D eigenvalue weighted by atomic mass is 10.1. The highest BCUT2D eigenvalue weighted by atomic mass is 16.5. The van der Waals surface area contributed by atoms with Crippen LogP contribution in [0.2, 0.25) is 0 Å². The number of aryl methyl sites for hydroxylation is 1. The molecule has 0 aliphatic rings. The summed E-state index contributed by atoms with van der Waals surface area (Å²) in [6, 6.07) is 18.7. The molecule has 0 bridgehead atoms. The maximum absolute atomic E-state index is 12.2. The van der Waals surface area contributed by atoms with Gasteiger partial charge in [-0.15, -0.1) is 0 Å². The van der Waals surface area contributed by atoms with Crippen molar-refractivity contribution in [1.29, 1.82) is 0 Å². The van der Waals surface area contributed by atoms with Crippen LogP contribution in [-0.4, -0.2) is 42.2 Å². The number of esters is 1. The summed E-state index contributed by atoms with van der Waals surface area (Å²) in [5.41, 5.74) is 6.85. The van der Waals surface area contributed by atoms with Gasteiger partial charge in [-0.05, 0) is 44.0 Å². The van der Waals surface area contributed by atoms with E-state index in [4.69, 9.17) is 4.74 Å². The molecule has 2 aromatic carbocycles. The summed E-state index contributed by atoms with van der Waals surface area (Å²) < 4.78 is 6.80. The predicted molar refractivity (Wildman–Crippen MR) is 125 cm³/mol. The summed E-state index contributed by atoms with van der Waals surface area (Å²) in [6.07, 6.45) is 2.09. The van der Waals surface area contributed by atoms with Crippen LogP contribution in [0.15, 0.2) is 65.8 Å². The van der Waals surface area contributed by atoms with Crippen LogP contribution < -0.4 is 10.7 Å². The summed E-state index contributed by atoms with van der Waals surface area (Å²) in [4.78, 5) is 36.1. The molecule has 0 saturated carbocycles. The van der Waals surface area contributed by atoms with Crippen LogP contribution in [0.3, 0.4) is 0 Å². The number of benzene rings is 2. The Morgan fingerprint density at radius 3 is 2.42 bits per heavy atom. The lowest BCUT2D eigenvalue weighted by molar-refractivity contribution is -0.139. The number of amides is 2. The summed E-state index contributed by atoms with van der Waals surface area (Å²) in [5.74, 6) is -2.02. The monoisotopic (exact) mass is 446 g/mol. The van der Waals surface area contributed by atoms with Gasteiger partial charge in [0.05, 0.1) is 24.6 Å². The van der Waals surface area contributed by atoms with Crippen LogP contribution in [-0.2, 0) is 20.7 Å². The summed E-state index contributed by atoms with van der Waals surface area (Å²) in [5, 5.41) is 6.50. The first-order valence-electron chi connectivity index (χ1n) is 10.4. The number of carbonyl (C=O) groups is 3. The van der Waals surface area contributed by atoms with E-state index in [0.29, 0.717) is 24.2 Å². The zero-order valence-corrected chi connectivity index (χ0v) is 18.8. The van der Waals surface area contributed by atoms with Gasteiger partial charge in [0.2, 0.25) is 0 Å². The Bertz CT molecular complexity index is 1180.